The van der Waals surface area contributed by atoms with Gasteiger partial charge < -0.3 is 0 Å². The zero-order chi connectivity index (χ0) is 20.9. The number of unbranched alkanes of at least 4 members (excludes halogenated alkanes) is 15. The summed E-state index contributed by atoms with van der Waals surface area (Å²) in [6.45, 7) is 14.6. The third kappa shape index (κ3) is 16.9. The maximum atomic E-state index is 2.84. The number of rotatable bonds is 22. The molecule has 170 valence electrons. The fraction of sp³-hybridized carbons (Fsp3) is 1.00. The summed E-state index contributed by atoms with van der Waals surface area (Å²) in [4.78, 5) is 2.84. The zero-order valence-corrected chi connectivity index (χ0v) is 20.8. The molecule has 0 radical (unpaired) electrons. The van der Waals surface area contributed by atoms with Crippen LogP contribution in [0.25, 0.3) is 0 Å². The Morgan fingerprint density at radius 2 is 0.750 bits per heavy atom. The van der Waals surface area contributed by atoms with Gasteiger partial charge in [-0.05, 0) is 46.2 Å². The van der Waals surface area contributed by atoms with E-state index < -0.39 is 0 Å². The van der Waals surface area contributed by atoms with Crippen LogP contribution in [0.4, 0.5) is 0 Å². The molecule has 1 heteroatoms. The number of nitrogens with zero attached hydrogens (tertiary/aromatic N) is 1. The summed E-state index contributed by atoms with van der Waals surface area (Å²) in [5.74, 6) is 0. The highest BCUT2D eigenvalue weighted by Crippen LogP contribution is 2.24. The van der Waals surface area contributed by atoms with Crippen LogP contribution in [0, 0.1) is 0 Å². The second-order valence-corrected chi connectivity index (χ2v) is 9.85. The molecule has 0 aliphatic heterocycles. The fourth-order valence-corrected chi connectivity index (χ4v) is 4.38. The molecular formula is C27H57N. The molecule has 0 heterocycles. The Bertz CT molecular complexity index is 285. The van der Waals surface area contributed by atoms with Gasteiger partial charge in [-0.2, -0.15) is 0 Å². The second-order valence-electron chi connectivity index (χ2n) is 9.85. The van der Waals surface area contributed by atoms with Crippen molar-refractivity contribution < 1.29 is 0 Å². The van der Waals surface area contributed by atoms with Crippen molar-refractivity contribution in [2.24, 2.45) is 0 Å². The SMILES string of the molecule is CCCCCCCCCCCCC(C)(C)N(CCCCCC)CCCCCC. The lowest BCUT2D eigenvalue weighted by Gasteiger charge is -2.39. The Morgan fingerprint density at radius 1 is 0.429 bits per heavy atom. The molecule has 0 aromatic rings. The Balaban J connectivity index is 4.02. The van der Waals surface area contributed by atoms with E-state index in [0.29, 0.717) is 5.54 Å². The highest BCUT2D eigenvalue weighted by atomic mass is 15.2. The van der Waals surface area contributed by atoms with Gasteiger partial charge in [-0.15, -0.1) is 0 Å². The van der Waals surface area contributed by atoms with Crippen LogP contribution < -0.4 is 0 Å². The maximum Gasteiger partial charge on any atom is 0.0153 e. The van der Waals surface area contributed by atoms with Crippen molar-refractivity contribution in [1.82, 2.24) is 4.90 Å². The fourth-order valence-electron chi connectivity index (χ4n) is 4.38. The first kappa shape index (κ1) is 28.0. The lowest BCUT2D eigenvalue weighted by atomic mass is 9.93. The van der Waals surface area contributed by atoms with Crippen LogP contribution in [-0.2, 0) is 0 Å². The van der Waals surface area contributed by atoms with Crippen LogP contribution in [-0.4, -0.2) is 23.5 Å². The van der Waals surface area contributed by atoms with E-state index in [1.165, 1.54) is 135 Å². The van der Waals surface area contributed by atoms with Crippen LogP contribution >= 0.6 is 0 Å². The van der Waals surface area contributed by atoms with E-state index >= 15 is 0 Å². The number of hydrogen-bond donors (Lipinski definition) is 0. The summed E-state index contributed by atoms with van der Waals surface area (Å²) < 4.78 is 0. The summed E-state index contributed by atoms with van der Waals surface area (Å²) in [5.41, 5.74) is 0.387. The predicted molar refractivity (Wildman–Crippen MR) is 130 cm³/mol. The van der Waals surface area contributed by atoms with Crippen LogP contribution in [0.3, 0.4) is 0 Å². The van der Waals surface area contributed by atoms with E-state index in [0.717, 1.165) is 0 Å². The van der Waals surface area contributed by atoms with E-state index in [-0.39, 0.29) is 0 Å². The monoisotopic (exact) mass is 395 g/mol. The van der Waals surface area contributed by atoms with Gasteiger partial charge in [-0.25, -0.2) is 0 Å². The van der Waals surface area contributed by atoms with Crippen molar-refractivity contribution in [3.63, 3.8) is 0 Å². The Kier molecular flexibility index (Phi) is 20.2. The molecule has 0 aliphatic carbocycles. The molecule has 0 saturated heterocycles. The first-order chi connectivity index (χ1) is 13.6. The molecular weight excluding hydrogens is 338 g/mol. The van der Waals surface area contributed by atoms with E-state index in [1.54, 1.807) is 0 Å². The Morgan fingerprint density at radius 3 is 1.14 bits per heavy atom. The molecule has 0 amide bonds. The topological polar surface area (TPSA) is 3.24 Å². The molecule has 0 saturated carbocycles. The molecule has 0 N–H and O–H groups in total. The molecule has 1 nitrogen and oxygen atoms in total. The third-order valence-corrected chi connectivity index (χ3v) is 6.56. The molecule has 0 unspecified atom stereocenters. The molecule has 0 bridgehead atoms. The lowest BCUT2D eigenvalue weighted by molar-refractivity contribution is 0.103. The van der Waals surface area contributed by atoms with Crippen LogP contribution in [0.5, 0.6) is 0 Å². The van der Waals surface area contributed by atoms with Crippen molar-refractivity contribution in [2.75, 3.05) is 13.1 Å². The van der Waals surface area contributed by atoms with E-state index in [4.69, 9.17) is 0 Å². The molecule has 0 aromatic heterocycles. The van der Waals surface area contributed by atoms with Gasteiger partial charge in [0.25, 0.3) is 0 Å². The first-order valence-corrected chi connectivity index (χ1v) is 13.3. The molecule has 0 fully saturated rings. The molecule has 28 heavy (non-hydrogen) atoms. The van der Waals surface area contributed by atoms with E-state index in [9.17, 15) is 0 Å². The van der Waals surface area contributed by atoms with E-state index in [1.807, 2.05) is 0 Å². The summed E-state index contributed by atoms with van der Waals surface area (Å²) in [6.07, 6.45) is 26.9. The van der Waals surface area contributed by atoms with Crippen molar-refractivity contribution >= 4 is 0 Å². The van der Waals surface area contributed by atoms with Gasteiger partial charge in [-0.3, -0.25) is 4.90 Å². The summed E-state index contributed by atoms with van der Waals surface area (Å²) in [5, 5.41) is 0. The van der Waals surface area contributed by atoms with Crippen molar-refractivity contribution in [3.8, 4) is 0 Å². The number of hydrogen-bond acceptors (Lipinski definition) is 1. The smallest absolute Gasteiger partial charge is 0.0153 e. The molecule has 0 aromatic carbocycles. The maximum absolute atomic E-state index is 2.84. The standard InChI is InChI=1S/C27H57N/c1-6-9-12-15-16-17-18-19-20-21-24-27(4,5)28(25-22-13-10-7-2)26-23-14-11-8-3/h6-26H2,1-5H3. The molecule has 0 spiro atoms. The highest BCUT2D eigenvalue weighted by molar-refractivity contribution is 4.81. The lowest BCUT2D eigenvalue weighted by Crippen LogP contribution is -2.45. The van der Waals surface area contributed by atoms with Gasteiger partial charge in [-0.1, -0.05) is 124 Å². The third-order valence-electron chi connectivity index (χ3n) is 6.56. The molecule has 0 rings (SSSR count). The quantitative estimate of drug-likeness (QED) is 0.165. The zero-order valence-electron chi connectivity index (χ0n) is 20.8. The normalized spacial score (nSPS) is 12.2. The molecule has 0 atom stereocenters. The van der Waals surface area contributed by atoms with Crippen molar-refractivity contribution in [2.45, 2.75) is 162 Å². The summed E-state index contributed by atoms with van der Waals surface area (Å²) in [6, 6.07) is 0. The van der Waals surface area contributed by atoms with Gasteiger partial charge in [0.1, 0.15) is 0 Å². The van der Waals surface area contributed by atoms with Gasteiger partial charge in [0.15, 0.2) is 0 Å². The molecule has 0 aliphatic rings. The largest absolute Gasteiger partial charge is 0.298 e. The first-order valence-electron chi connectivity index (χ1n) is 13.3. The van der Waals surface area contributed by atoms with Crippen molar-refractivity contribution in [3.05, 3.63) is 0 Å². The van der Waals surface area contributed by atoms with Gasteiger partial charge in [0.05, 0.1) is 0 Å². The minimum Gasteiger partial charge on any atom is -0.298 e. The minimum absolute atomic E-state index is 0.387. The average Bonchev–Trinajstić information content (AvgIpc) is 2.68. The van der Waals surface area contributed by atoms with Gasteiger partial charge in [0, 0.05) is 5.54 Å². The van der Waals surface area contributed by atoms with E-state index in [2.05, 4.69) is 39.5 Å². The van der Waals surface area contributed by atoms with Crippen molar-refractivity contribution in [1.29, 1.82) is 0 Å². The van der Waals surface area contributed by atoms with Crippen LogP contribution in [0.15, 0.2) is 0 Å². The van der Waals surface area contributed by atoms with Gasteiger partial charge >= 0.3 is 0 Å². The second kappa shape index (κ2) is 20.2. The Hall–Kier alpha value is -0.0400. The Labute approximate surface area is 180 Å². The average molecular weight is 396 g/mol. The van der Waals surface area contributed by atoms with Crippen LogP contribution in [0.1, 0.15) is 157 Å². The summed E-state index contributed by atoms with van der Waals surface area (Å²) >= 11 is 0. The summed E-state index contributed by atoms with van der Waals surface area (Å²) in [7, 11) is 0. The predicted octanol–water partition coefficient (Wildman–Crippen LogP) is 9.54. The minimum atomic E-state index is 0.387. The van der Waals surface area contributed by atoms with Crippen LogP contribution in [0.2, 0.25) is 0 Å². The van der Waals surface area contributed by atoms with Gasteiger partial charge in [0.2, 0.25) is 0 Å². The highest BCUT2D eigenvalue weighted by Gasteiger charge is 2.25.